The molecule has 112 valence electrons. The lowest BCUT2D eigenvalue weighted by Crippen LogP contribution is -2.20. The Morgan fingerprint density at radius 3 is 1.95 bits per heavy atom. The number of ether oxygens (including phenoxy) is 2. The molecule has 1 aromatic carbocycles. The van der Waals surface area contributed by atoms with Crippen molar-refractivity contribution in [3.8, 4) is 11.5 Å². The average molecular weight is 276 g/mol. The average Bonchev–Trinajstić information content (AvgIpc) is 2.49. The molecule has 0 bridgehead atoms. The van der Waals surface area contributed by atoms with Gasteiger partial charge in [0.25, 0.3) is 0 Å². The van der Waals surface area contributed by atoms with Crippen molar-refractivity contribution in [2.24, 2.45) is 11.8 Å². The lowest BCUT2D eigenvalue weighted by molar-refractivity contribution is 0.178. The summed E-state index contributed by atoms with van der Waals surface area (Å²) in [5, 5.41) is 0. The van der Waals surface area contributed by atoms with Gasteiger partial charge in [-0.05, 0) is 55.9 Å². The van der Waals surface area contributed by atoms with Gasteiger partial charge in [0.1, 0.15) is 11.5 Å². The minimum Gasteiger partial charge on any atom is -0.494 e. The van der Waals surface area contributed by atoms with Crippen LogP contribution in [-0.2, 0) is 0 Å². The first-order valence-corrected chi connectivity index (χ1v) is 8.17. The predicted octanol–water partition coefficient (Wildman–Crippen LogP) is 5.07. The van der Waals surface area contributed by atoms with Crippen LogP contribution in [0, 0.1) is 11.8 Å². The maximum atomic E-state index is 5.92. The van der Waals surface area contributed by atoms with Crippen LogP contribution in [0.15, 0.2) is 24.3 Å². The first kappa shape index (κ1) is 15.2. The van der Waals surface area contributed by atoms with Crippen LogP contribution < -0.4 is 9.47 Å². The Morgan fingerprint density at radius 2 is 1.40 bits per heavy atom. The molecule has 0 heterocycles. The smallest absolute Gasteiger partial charge is 0.119 e. The van der Waals surface area contributed by atoms with Gasteiger partial charge in [-0.1, -0.05) is 32.6 Å². The molecule has 1 aliphatic carbocycles. The zero-order valence-electron chi connectivity index (χ0n) is 12.9. The molecule has 0 amide bonds. The van der Waals surface area contributed by atoms with Gasteiger partial charge in [0.2, 0.25) is 0 Å². The second-order valence-corrected chi connectivity index (χ2v) is 5.89. The maximum Gasteiger partial charge on any atom is 0.119 e. The van der Waals surface area contributed by atoms with E-state index in [1.165, 1.54) is 38.5 Å². The minimum atomic E-state index is 0.710. The van der Waals surface area contributed by atoms with Gasteiger partial charge in [0.15, 0.2) is 0 Å². The molecule has 2 rings (SSSR count). The molecule has 0 aliphatic heterocycles. The second-order valence-electron chi connectivity index (χ2n) is 5.89. The van der Waals surface area contributed by atoms with Gasteiger partial charge >= 0.3 is 0 Å². The molecule has 1 saturated carbocycles. The highest BCUT2D eigenvalue weighted by molar-refractivity contribution is 5.31. The fourth-order valence-corrected chi connectivity index (χ4v) is 3.11. The van der Waals surface area contributed by atoms with E-state index in [1.54, 1.807) is 0 Å². The van der Waals surface area contributed by atoms with Crippen LogP contribution in [0.25, 0.3) is 0 Å². The van der Waals surface area contributed by atoms with Crippen molar-refractivity contribution in [1.82, 2.24) is 0 Å². The zero-order valence-corrected chi connectivity index (χ0v) is 12.9. The van der Waals surface area contributed by atoms with Crippen molar-refractivity contribution >= 4 is 0 Å². The molecule has 2 nitrogen and oxygen atoms in total. The Morgan fingerprint density at radius 1 is 0.850 bits per heavy atom. The molecule has 1 aromatic rings. The van der Waals surface area contributed by atoms with E-state index in [-0.39, 0.29) is 0 Å². The fraction of sp³-hybridized carbons (Fsp3) is 0.667. The third kappa shape index (κ3) is 4.73. The summed E-state index contributed by atoms with van der Waals surface area (Å²) in [5.41, 5.74) is 0. The van der Waals surface area contributed by atoms with Crippen LogP contribution >= 0.6 is 0 Å². The molecule has 1 aliphatic rings. The van der Waals surface area contributed by atoms with Crippen LogP contribution in [0.3, 0.4) is 0 Å². The second kappa shape index (κ2) is 8.18. The Balaban J connectivity index is 1.70. The molecule has 0 atom stereocenters. The van der Waals surface area contributed by atoms with E-state index in [4.69, 9.17) is 9.47 Å². The Hall–Kier alpha value is -1.18. The van der Waals surface area contributed by atoms with E-state index in [1.807, 2.05) is 31.2 Å². The maximum absolute atomic E-state index is 5.92. The molecule has 2 heteroatoms. The van der Waals surface area contributed by atoms with Gasteiger partial charge in [-0.25, -0.2) is 0 Å². The van der Waals surface area contributed by atoms with Crippen molar-refractivity contribution < 1.29 is 9.47 Å². The van der Waals surface area contributed by atoms with E-state index in [2.05, 4.69) is 6.92 Å². The summed E-state index contributed by atoms with van der Waals surface area (Å²) in [7, 11) is 0. The molecule has 0 radical (unpaired) electrons. The molecule has 20 heavy (non-hydrogen) atoms. The highest BCUT2D eigenvalue weighted by Crippen LogP contribution is 2.32. The Kier molecular flexibility index (Phi) is 6.23. The van der Waals surface area contributed by atoms with Gasteiger partial charge < -0.3 is 9.47 Å². The van der Waals surface area contributed by atoms with Gasteiger partial charge in [-0.2, -0.15) is 0 Å². The summed E-state index contributed by atoms with van der Waals surface area (Å²) in [6, 6.07) is 7.98. The molecule has 0 N–H and O–H groups in total. The van der Waals surface area contributed by atoms with Crippen molar-refractivity contribution in [2.45, 2.75) is 52.4 Å². The van der Waals surface area contributed by atoms with E-state index >= 15 is 0 Å². The van der Waals surface area contributed by atoms with Crippen molar-refractivity contribution in [3.63, 3.8) is 0 Å². The summed E-state index contributed by atoms with van der Waals surface area (Å²) in [5.74, 6) is 3.60. The molecule has 0 aromatic heterocycles. The lowest BCUT2D eigenvalue weighted by Gasteiger charge is -2.28. The van der Waals surface area contributed by atoms with Crippen molar-refractivity contribution in [2.75, 3.05) is 13.2 Å². The number of hydrogen-bond donors (Lipinski definition) is 0. The summed E-state index contributed by atoms with van der Waals surface area (Å²) in [6.07, 6.45) is 8.20. The summed E-state index contributed by atoms with van der Waals surface area (Å²) < 4.78 is 11.4. The number of benzene rings is 1. The molecule has 0 spiro atoms. The SMILES string of the molecule is CCCC1CCC(COc2ccc(OCC)cc2)CC1. The van der Waals surface area contributed by atoms with Crippen LogP contribution in [0.4, 0.5) is 0 Å². The highest BCUT2D eigenvalue weighted by Gasteiger charge is 2.20. The monoisotopic (exact) mass is 276 g/mol. The highest BCUT2D eigenvalue weighted by atomic mass is 16.5. The standard InChI is InChI=1S/C18H28O2/c1-3-5-15-6-8-16(9-7-15)14-20-18-12-10-17(11-13-18)19-4-2/h10-13,15-16H,3-9,14H2,1-2H3. The molecule has 1 fully saturated rings. The van der Waals surface area contributed by atoms with Crippen LogP contribution in [0.1, 0.15) is 52.4 Å². The normalized spacial score (nSPS) is 22.5. The Labute approximate surface area is 123 Å². The zero-order chi connectivity index (χ0) is 14.2. The summed E-state index contributed by atoms with van der Waals surface area (Å²) >= 11 is 0. The van der Waals surface area contributed by atoms with E-state index in [0.29, 0.717) is 6.61 Å². The number of hydrogen-bond acceptors (Lipinski definition) is 2. The third-order valence-corrected chi connectivity index (χ3v) is 4.28. The first-order valence-electron chi connectivity index (χ1n) is 8.17. The summed E-state index contributed by atoms with van der Waals surface area (Å²) in [4.78, 5) is 0. The van der Waals surface area contributed by atoms with Crippen molar-refractivity contribution in [3.05, 3.63) is 24.3 Å². The molecule has 0 saturated heterocycles. The quantitative estimate of drug-likeness (QED) is 0.692. The van der Waals surface area contributed by atoms with E-state index in [0.717, 1.165) is 29.9 Å². The summed E-state index contributed by atoms with van der Waals surface area (Å²) in [6.45, 7) is 5.87. The molecule has 0 unspecified atom stereocenters. The molecular formula is C18H28O2. The van der Waals surface area contributed by atoms with Gasteiger partial charge in [-0.3, -0.25) is 0 Å². The fourth-order valence-electron chi connectivity index (χ4n) is 3.11. The number of rotatable bonds is 7. The van der Waals surface area contributed by atoms with Crippen molar-refractivity contribution in [1.29, 1.82) is 0 Å². The lowest BCUT2D eigenvalue weighted by atomic mass is 9.80. The topological polar surface area (TPSA) is 18.5 Å². The van der Waals surface area contributed by atoms with Crippen LogP contribution in [0.2, 0.25) is 0 Å². The third-order valence-electron chi connectivity index (χ3n) is 4.28. The first-order chi connectivity index (χ1) is 9.81. The minimum absolute atomic E-state index is 0.710. The van der Waals surface area contributed by atoms with Gasteiger partial charge in [0.05, 0.1) is 13.2 Å². The van der Waals surface area contributed by atoms with E-state index in [9.17, 15) is 0 Å². The molecular weight excluding hydrogens is 248 g/mol. The predicted molar refractivity (Wildman–Crippen MR) is 83.5 cm³/mol. The van der Waals surface area contributed by atoms with E-state index < -0.39 is 0 Å². The van der Waals surface area contributed by atoms with Gasteiger partial charge in [0, 0.05) is 0 Å². The van der Waals surface area contributed by atoms with Gasteiger partial charge in [-0.15, -0.1) is 0 Å². The Bertz CT molecular complexity index is 364. The van der Waals surface area contributed by atoms with Crippen LogP contribution in [-0.4, -0.2) is 13.2 Å². The largest absolute Gasteiger partial charge is 0.494 e. The van der Waals surface area contributed by atoms with Crippen LogP contribution in [0.5, 0.6) is 11.5 Å².